The van der Waals surface area contributed by atoms with Gasteiger partial charge in [-0.25, -0.2) is 4.39 Å². The summed E-state index contributed by atoms with van der Waals surface area (Å²) in [4.78, 5) is 0.948. The summed E-state index contributed by atoms with van der Waals surface area (Å²) in [6.45, 7) is 0. The summed E-state index contributed by atoms with van der Waals surface area (Å²) in [5, 5.41) is 1.93. The van der Waals surface area contributed by atoms with E-state index in [-0.39, 0.29) is 5.82 Å². The van der Waals surface area contributed by atoms with E-state index in [9.17, 15) is 4.39 Å². The average molecular weight is 237 g/mol. The van der Waals surface area contributed by atoms with Gasteiger partial charge >= 0.3 is 0 Å². The zero-order valence-electron chi connectivity index (χ0n) is 8.81. The summed E-state index contributed by atoms with van der Waals surface area (Å²) in [5.74, 6) is 0.167. The molecule has 0 unspecified atom stereocenters. The van der Waals surface area contributed by atoms with Gasteiger partial charge in [0.25, 0.3) is 0 Å². The summed E-state index contributed by atoms with van der Waals surface area (Å²) in [5.41, 5.74) is 6.47. The number of hydrogen-bond acceptors (Lipinski definition) is 3. The van der Waals surface area contributed by atoms with Crippen LogP contribution in [0.15, 0.2) is 35.7 Å². The lowest BCUT2D eigenvalue weighted by atomic mass is 10.1. The zero-order chi connectivity index (χ0) is 11.5. The van der Waals surface area contributed by atoms with Gasteiger partial charge in [-0.2, -0.15) is 0 Å². The van der Waals surface area contributed by atoms with Crippen LogP contribution in [0, 0.1) is 5.82 Å². The molecule has 0 amide bonds. The van der Waals surface area contributed by atoms with Crippen LogP contribution < -0.4 is 10.5 Å². The Morgan fingerprint density at radius 1 is 1.38 bits per heavy atom. The van der Waals surface area contributed by atoms with Gasteiger partial charge in [0.05, 0.1) is 13.2 Å². The van der Waals surface area contributed by atoms with Gasteiger partial charge in [-0.05, 0) is 17.5 Å². The van der Waals surface area contributed by atoms with Crippen LogP contribution in [0.4, 0.5) is 4.39 Å². The van der Waals surface area contributed by atoms with E-state index in [1.54, 1.807) is 12.1 Å². The van der Waals surface area contributed by atoms with Gasteiger partial charge in [0.2, 0.25) is 0 Å². The average Bonchev–Trinajstić information content (AvgIpc) is 2.81. The molecule has 2 rings (SSSR count). The molecule has 0 bridgehead atoms. The van der Waals surface area contributed by atoms with Crippen LogP contribution in [-0.4, -0.2) is 7.11 Å². The van der Waals surface area contributed by atoms with E-state index in [2.05, 4.69) is 0 Å². The first kappa shape index (κ1) is 11.1. The van der Waals surface area contributed by atoms with Crippen LogP contribution in [0.25, 0.3) is 0 Å². The number of thiophene rings is 1. The molecule has 1 atom stereocenters. The predicted molar refractivity (Wildman–Crippen MR) is 63.3 cm³/mol. The smallest absolute Gasteiger partial charge is 0.132 e. The number of nitrogens with two attached hydrogens (primary N) is 1. The first-order valence-corrected chi connectivity index (χ1v) is 5.72. The molecule has 0 aliphatic heterocycles. The Balaban J connectivity index is 2.34. The topological polar surface area (TPSA) is 35.2 Å². The molecule has 0 radical (unpaired) electrons. The SMILES string of the molecule is COc1ccc([C@@H](N)c2cccs2)c(F)c1. The quantitative estimate of drug-likeness (QED) is 0.890. The minimum Gasteiger partial charge on any atom is -0.497 e. The third-order valence-electron chi connectivity index (χ3n) is 2.39. The largest absolute Gasteiger partial charge is 0.497 e. The van der Waals surface area contributed by atoms with Crippen molar-refractivity contribution in [3.63, 3.8) is 0 Å². The fourth-order valence-electron chi connectivity index (χ4n) is 1.51. The van der Waals surface area contributed by atoms with Crippen molar-refractivity contribution in [1.29, 1.82) is 0 Å². The molecule has 1 aromatic heterocycles. The molecular formula is C12H12FNOS. The normalized spacial score (nSPS) is 12.4. The van der Waals surface area contributed by atoms with Crippen molar-refractivity contribution < 1.29 is 9.13 Å². The van der Waals surface area contributed by atoms with E-state index in [0.717, 1.165) is 4.88 Å². The van der Waals surface area contributed by atoms with Crippen molar-refractivity contribution in [2.45, 2.75) is 6.04 Å². The molecule has 16 heavy (non-hydrogen) atoms. The van der Waals surface area contributed by atoms with E-state index >= 15 is 0 Å². The van der Waals surface area contributed by atoms with Gasteiger partial charge in [-0.1, -0.05) is 12.1 Å². The van der Waals surface area contributed by atoms with Gasteiger partial charge in [0.15, 0.2) is 0 Å². The highest BCUT2D eigenvalue weighted by Gasteiger charge is 2.14. The predicted octanol–water partition coefficient (Wildman–Crippen LogP) is 2.94. The second-order valence-corrected chi connectivity index (χ2v) is 4.36. The summed E-state index contributed by atoms with van der Waals surface area (Å²) in [7, 11) is 1.51. The molecule has 0 saturated heterocycles. The maximum absolute atomic E-state index is 13.7. The Bertz CT molecular complexity index is 470. The van der Waals surface area contributed by atoms with Crippen LogP contribution in [-0.2, 0) is 0 Å². The second kappa shape index (κ2) is 4.63. The van der Waals surface area contributed by atoms with Gasteiger partial charge in [0, 0.05) is 16.5 Å². The van der Waals surface area contributed by atoms with Crippen LogP contribution in [0.1, 0.15) is 16.5 Å². The molecule has 1 aromatic carbocycles. The van der Waals surface area contributed by atoms with E-state index in [1.165, 1.54) is 24.5 Å². The molecule has 4 heteroatoms. The van der Waals surface area contributed by atoms with Crippen LogP contribution in [0.5, 0.6) is 5.75 Å². The number of methoxy groups -OCH3 is 1. The number of ether oxygens (including phenoxy) is 1. The monoisotopic (exact) mass is 237 g/mol. The Morgan fingerprint density at radius 2 is 2.19 bits per heavy atom. The number of hydrogen-bond donors (Lipinski definition) is 1. The fourth-order valence-corrected chi connectivity index (χ4v) is 2.25. The molecule has 0 saturated carbocycles. The zero-order valence-corrected chi connectivity index (χ0v) is 9.63. The standard InChI is InChI=1S/C12H12FNOS/c1-15-8-4-5-9(10(13)7-8)12(14)11-3-2-6-16-11/h2-7,12H,14H2,1H3/t12-/m1/s1. The molecule has 2 N–H and O–H groups in total. The van der Waals surface area contributed by atoms with Gasteiger partial charge in [0.1, 0.15) is 11.6 Å². The molecule has 0 aliphatic rings. The van der Waals surface area contributed by atoms with Crippen molar-refractivity contribution in [1.82, 2.24) is 0 Å². The Hall–Kier alpha value is -1.39. The Kier molecular flexibility index (Phi) is 3.22. The Morgan fingerprint density at radius 3 is 2.75 bits per heavy atom. The van der Waals surface area contributed by atoms with E-state index in [0.29, 0.717) is 11.3 Å². The minimum absolute atomic E-state index is 0.333. The van der Waals surface area contributed by atoms with Gasteiger partial charge in [-0.3, -0.25) is 0 Å². The highest BCUT2D eigenvalue weighted by Crippen LogP contribution is 2.27. The number of benzene rings is 1. The van der Waals surface area contributed by atoms with E-state index in [1.807, 2.05) is 17.5 Å². The first-order valence-electron chi connectivity index (χ1n) is 4.85. The van der Waals surface area contributed by atoms with Gasteiger partial charge in [-0.15, -0.1) is 11.3 Å². The van der Waals surface area contributed by atoms with Crippen molar-refractivity contribution in [2.24, 2.45) is 5.73 Å². The highest BCUT2D eigenvalue weighted by molar-refractivity contribution is 7.10. The molecular weight excluding hydrogens is 225 g/mol. The number of rotatable bonds is 3. The lowest BCUT2D eigenvalue weighted by Crippen LogP contribution is -2.12. The molecule has 84 valence electrons. The Labute approximate surface area is 97.5 Å². The van der Waals surface area contributed by atoms with Crippen LogP contribution in [0.3, 0.4) is 0 Å². The fraction of sp³-hybridized carbons (Fsp3) is 0.167. The minimum atomic E-state index is -0.411. The third-order valence-corrected chi connectivity index (χ3v) is 3.35. The second-order valence-electron chi connectivity index (χ2n) is 3.38. The summed E-state index contributed by atoms with van der Waals surface area (Å²) < 4.78 is 18.7. The van der Waals surface area contributed by atoms with E-state index < -0.39 is 6.04 Å². The third kappa shape index (κ3) is 2.08. The maximum atomic E-state index is 13.7. The molecule has 0 spiro atoms. The first-order chi connectivity index (χ1) is 7.72. The van der Waals surface area contributed by atoms with Gasteiger partial charge < -0.3 is 10.5 Å². The summed E-state index contributed by atoms with van der Waals surface area (Å²) >= 11 is 1.52. The molecule has 2 nitrogen and oxygen atoms in total. The molecule has 0 fully saturated rings. The summed E-state index contributed by atoms with van der Waals surface area (Å²) in [6.07, 6.45) is 0. The molecule has 0 aliphatic carbocycles. The van der Waals surface area contributed by atoms with Crippen molar-refractivity contribution >= 4 is 11.3 Å². The van der Waals surface area contributed by atoms with Crippen molar-refractivity contribution in [3.8, 4) is 5.75 Å². The lowest BCUT2D eigenvalue weighted by Gasteiger charge is -2.11. The maximum Gasteiger partial charge on any atom is 0.132 e. The van der Waals surface area contributed by atoms with Crippen LogP contribution in [0.2, 0.25) is 0 Å². The van der Waals surface area contributed by atoms with Crippen molar-refractivity contribution in [2.75, 3.05) is 7.11 Å². The summed E-state index contributed by atoms with van der Waals surface area (Å²) in [6, 6.07) is 8.12. The molecule has 2 aromatic rings. The lowest BCUT2D eigenvalue weighted by molar-refractivity contribution is 0.410. The van der Waals surface area contributed by atoms with Crippen molar-refractivity contribution in [3.05, 3.63) is 52.0 Å². The number of halogens is 1. The molecule has 1 heterocycles. The van der Waals surface area contributed by atoms with E-state index in [4.69, 9.17) is 10.5 Å². The van der Waals surface area contributed by atoms with Crippen LogP contribution >= 0.6 is 11.3 Å². The highest BCUT2D eigenvalue weighted by atomic mass is 32.1.